The molecule has 1 heterocycles. The van der Waals surface area contributed by atoms with Crippen LogP contribution in [0.4, 0.5) is 10.1 Å². The highest BCUT2D eigenvalue weighted by molar-refractivity contribution is 7.99. The van der Waals surface area contributed by atoms with E-state index in [1.165, 1.54) is 23.9 Å². The van der Waals surface area contributed by atoms with E-state index in [1.807, 2.05) is 18.2 Å². The molecule has 0 radical (unpaired) electrons. The summed E-state index contributed by atoms with van der Waals surface area (Å²) in [5.74, 6) is 0.361. The number of hydrogen-bond acceptors (Lipinski definition) is 4. The molecule has 0 saturated carbocycles. The van der Waals surface area contributed by atoms with Crippen LogP contribution in [0.3, 0.4) is 0 Å². The van der Waals surface area contributed by atoms with Crippen LogP contribution in [0, 0.1) is 5.82 Å². The molecule has 22 heavy (non-hydrogen) atoms. The summed E-state index contributed by atoms with van der Waals surface area (Å²) in [7, 11) is 0. The number of fused-ring (bicyclic) bond motifs is 1. The molecule has 0 fully saturated rings. The van der Waals surface area contributed by atoms with Crippen LogP contribution in [0.15, 0.2) is 52.9 Å². The number of amides is 1. The number of thiazole rings is 1. The summed E-state index contributed by atoms with van der Waals surface area (Å²) in [6.07, 6.45) is 0.400. The van der Waals surface area contributed by atoms with Gasteiger partial charge in [0.05, 0.1) is 15.7 Å². The third-order valence-electron chi connectivity index (χ3n) is 3.03. The molecule has 1 aromatic heterocycles. The lowest BCUT2D eigenvalue weighted by Gasteiger charge is -2.05. The van der Waals surface area contributed by atoms with Gasteiger partial charge >= 0.3 is 0 Å². The van der Waals surface area contributed by atoms with Crippen molar-refractivity contribution in [3.05, 3.63) is 53.8 Å². The van der Waals surface area contributed by atoms with Crippen molar-refractivity contribution in [2.75, 3.05) is 11.1 Å². The van der Waals surface area contributed by atoms with Gasteiger partial charge < -0.3 is 5.32 Å². The number of anilines is 1. The molecule has 0 aliphatic heterocycles. The van der Waals surface area contributed by atoms with Crippen molar-refractivity contribution in [1.82, 2.24) is 4.98 Å². The number of aromatic nitrogens is 1. The second-order valence-corrected chi connectivity index (χ2v) is 6.69. The summed E-state index contributed by atoms with van der Waals surface area (Å²) >= 11 is 3.11. The van der Waals surface area contributed by atoms with Crippen LogP contribution in [0.1, 0.15) is 6.42 Å². The van der Waals surface area contributed by atoms with Crippen molar-refractivity contribution in [2.45, 2.75) is 11.3 Å². The third kappa shape index (κ3) is 3.84. The van der Waals surface area contributed by atoms with Gasteiger partial charge in [0.15, 0.2) is 0 Å². The van der Waals surface area contributed by atoms with Crippen molar-refractivity contribution < 1.29 is 9.18 Å². The minimum atomic E-state index is -0.250. The molecule has 112 valence electrons. The van der Waals surface area contributed by atoms with Gasteiger partial charge in [0.25, 0.3) is 0 Å². The molecule has 3 nitrogen and oxygen atoms in total. The Morgan fingerprint density at radius 3 is 2.86 bits per heavy atom. The Bertz CT molecular complexity index is 786. The first kappa shape index (κ1) is 15.0. The van der Waals surface area contributed by atoms with Crippen molar-refractivity contribution in [2.24, 2.45) is 0 Å². The largest absolute Gasteiger partial charge is 0.326 e. The lowest BCUT2D eigenvalue weighted by atomic mass is 10.3. The number of thioether (sulfide) groups is 1. The molecular formula is C16H13FN2OS2. The zero-order chi connectivity index (χ0) is 15.4. The van der Waals surface area contributed by atoms with Gasteiger partial charge in [-0.2, -0.15) is 0 Å². The number of benzene rings is 2. The van der Waals surface area contributed by atoms with Crippen LogP contribution in [-0.4, -0.2) is 16.6 Å². The smallest absolute Gasteiger partial charge is 0.225 e. The fraction of sp³-hybridized carbons (Fsp3) is 0.125. The number of halogens is 1. The van der Waals surface area contributed by atoms with Gasteiger partial charge in [-0.15, -0.1) is 23.1 Å². The quantitative estimate of drug-likeness (QED) is 0.697. The van der Waals surface area contributed by atoms with Crippen LogP contribution in [0.25, 0.3) is 10.2 Å². The normalized spacial score (nSPS) is 10.8. The van der Waals surface area contributed by atoms with Gasteiger partial charge in [0.1, 0.15) is 5.82 Å². The van der Waals surface area contributed by atoms with E-state index >= 15 is 0 Å². The van der Waals surface area contributed by atoms with E-state index in [1.54, 1.807) is 29.0 Å². The minimum absolute atomic E-state index is 0.0378. The second-order valence-electron chi connectivity index (χ2n) is 4.64. The molecule has 3 rings (SSSR count). The van der Waals surface area contributed by atoms with Crippen LogP contribution in [-0.2, 0) is 4.79 Å². The lowest BCUT2D eigenvalue weighted by molar-refractivity contribution is -0.115. The summed E-state index contributed by atoms with van der Waals surface area (Å²) in [6.45, 7) is 0. The van der Waals surface area contributed by atoms with Gasteiger partial charge in [0.2, 0.25) is 5.91 Å². The molecule has 1 amide bonds. The third-order valence-corrected chi connectivity index (χ3v) is 4.85. The molecule has 0 aliphatic carbocycles. The first-order chi connectivity index (χ1) is 10.7. The zero-order valence-corrected chi connectivity index (χ0v) is 13.2. The van der Waals surface area contributed by atoms with Crippen molar-refractivity contribution in [3.8, 4) is 0 Å². The highest BCUT2D eigenvalue weighted by atomic mass is 32.2. The average Bonchev–Trinajstić information content (AvgIpc) is 2.97. The van der Waals surface area contributed by atoms with Crippen molar-refractivity contribution in [1.29, 1.82) is 0 Å². The Labute approximate surface area is 135 Å². The Balaban J connectivity index is 1.50. The first-order valence-corrected chi connectivity index (χ1v) is 8.59. The zero-order valence-electron chi connectivity index (χ0n) is 11.6. The van der Waals surface area contributed by atoms with Crippen molar-refractivity contribution in [3.63, 3.8) is 0 Å². The van der Waals surface area contributed by atoms with E-state index in [2.05, 4.69) is 10.3 Å². The van der Waals surface area contributed by atoms with Crippen LogP contribution >= 0.6 is 23.1 Å². The van der Waals surface area contributed by atoms with Gasteiger partial charge in [-0.25, -0.2) is 9.37 Å². The summed E-state index contributed by atoms with van der Waals surface area (Å²) in [6, 6.07) is 12.0. The van der Waals surface area contributed by atoms with Gasteiger partial charge in [-0.05, 0) is 42.5 Å². The molecular weight excluding hydrogens is 319 g/mol. The standard InChI is InChI=1S/C16H13FN2OS2/c17-11-1-4-13(5-2-11)21-8-7-16(20)19-12-3-6-15-14(9-12)18-10-22-15/h1-6,9-10H,7-8H2,(H,19,20). The molecule has 0 bridgehead atoms. The number of nitrogens with one attached hydrogen (secondary N) is 1. The van der Waals surface area contributed by atoms with Crippen molar-refractivity contribution >= 4 is 44.9 Å². The topological polar surface area (TPSA) is 42.0 Å². The maximum atomic E-state index is 12.8. The molecule has 1 N–H and O–H groups in total. The maximum Gasteiger partial charge on any atom is 0.225 e. The maximum absolute atomic E-state index is 12.8. The highest BCUT2D eigenvalue weighted by Gasteiger charge is 2.05. The number of carbonyl (C=O) groups excluding carboxylic acids is 1. The number of carbonyl (C=O) groups is 1. The molecule has 0 spiro atoms. The van der Waals surface area contributed by atoms with Gasteiger partial charge in [0, 0.05) is 22.8 Å². The Hall–Kier alpha value is -1.92. The molecule has 2 aromatic carbocycles. The van der Waals surface area contributed by atoms with Crippen LogP contribution < -0.4 is 5.32 Å². The number of rotatable bonds is 5. The minimum Gasteiger partial charge on any atom is -0.326 e. The predicted octanol–water partition coefficient (Wildman–Crippen LogP) is 4.56. The lowest BCUT2D eigenvalue weighted by Crippen LogP contribution is -2.12. The fourth-order valence-corrected chi connectivity index (χ4v) is 3.46. The first-order valence-electron chi connectivity index (χ1n) is 6.72. The highest BCUT2D eigenvalue weighted by Crippen LogP contribution is 2.22. The average molecular weight is 332 g/mol. The fourth-order valence-electron chi connectivity index (χ4n) is 1.95. The monoisotopic (exact) mass is 332 g/mol. The van der Waals surface area contributed by atoms with Gasteiger partial charge in [-0.1, -0.05) is 0 Å². The summed E-state index contributed by atoms with van der Waals surface area (Å²) in [5.41, 5.74) is 3.44. The SMILES string of the molecule is O=C(CCSc1ccc(F)cc1)Nc1ccc2scnc2c1. The molecule has 0 saturated heterocycles. The molecule has 3 aromatic rings. The van der Waals surface area contributed by atoms with Gasteiger partial charge in [-0.3, -0.25) is 4.79 Å². The Kier molecular flexibility index (Phi) is 4.70. The Morgan fingerprint density at radius 2 is 2.05 bits per heavy atom. The predicted molar refractivity (Wildman–Crippen MR) is 90.0 cm³/mol. The summed E-state index contributed by atoms with van der Waals surface area (Å²) in [4.78, 5) is 17.1. The molecule has 6 heteroatoms. The van der Waals surface area contributed by atoms with E-state index < -0.39 is 0 Å². The van der Waals surface area contributed by atoms with Crippen LogP contribution in [0.5, 0.6) is 0 Å². The summed E-state index contributed by atoms with van der Waals surface area (Å²) < 4.78 is 13.9. The number of nitrogens with zero attached hydrogens (tertiary/aromatic N) is 1. The Morgan fingerprint density at radius 1 is 1.23 bits per heavy atom. The van der Waals surface area contributed by atoms with E-state index in [4.69, 9.17) is 0 Å². The molecule has 0 unspecified atom stereocenters. The van der Waals surface area contributed by atoms with Crippen LogP contribution in [0.2, 0.25) is 0 Å². The molecule has 0 aliphatic rings. The second kappa shape index (κ2) is 6.89. The number of hydrogen-bond donors (Lipinski definition) is 1. The van der Waals surface area contributed by atoms with E-state index in [9.17, 15) is 9.18 Å². The molecule has 0 atom stereocenters. The van der Waals surface area contributed by atoms with E-state index in [0.29, 0.717) is 12.2 Å². The van der Waals surface area contributed by atoms with E-state index in [-0.39, 0.29) is 11.7 Å². The summed E-state index contributed by atoms with van der Waals surface area (Å²) in [5, 5.41) is 2.87. The van der Waals surface area contributed by atoms with E-state index in [0.717, 1.165) is 20.8 Å².